The van der Waals surface area contributed by atoms with Gasteiger partial charge in [0.25, 0.3) is 0 Å². The van der Waals surface area contributed by atoms with Crippen molar-refractivity contribution in [3.8, 4) is 11.8 Å². The van der Waals surface area contributed by atoms with Crippen LogP contribution in [0, 0.1) is 11.3 Å². The number of ether oxygens (including phenoxy) is 1. The van der Waals surface area contributed by atoms with Crippen molar-refractivity contribution >= 4 is 0 Å². The highest BCUT2D eigenvalue weighted by Gasteiger charge is 2.36. The Hall–Kier alpha value is -1.74. The van der Waals surface area contributed by atoms with E-state index in [9.17, 15) is 18.3 Å². The number of rotatable bonds is 2. The molecule has 1 aromatic rings. The quantitative estimate of drug-likeness (QED) is 0.848. The number of benzene rings is 1. The molecule has 2 atom stereocenters. The van der Waals surface area contributed by atoms with Gasteiger partial charge in [-0.1, -0.05) is 12.8 Å². The number of nitrogens with zero attached hydrogens (tertiary/aromatic N) is 1. The maximum Gasteiger partial charge on any atom is 0.420 e. The van der Waals surface area contributed by atoms with Gasteiger partial charge in [-0.25, -0.2) is 0 Å². The Bertz CT molecular complexity index is 537. The molecular formula is C15H16F3NO2. The summed E-state index contributed by atoms with van der Waals surface area (Å²) in [6.45, 7) is 0. The van der Waals surface area contributed by atoms with Crippen LogP contribution in [0.15, 0.2) is 18.2 Å². The van der Waals surface area contributed by atoms with E-state index in [0.717, 1.165) is 31.4 Å². The predicted octanol–water partition coefficient (Wildman–Crippen LogP) is 3.65. The molecule has 1 fully saturated rings. The van der Waals surface area contributed by atoms with Gasteiger partial charge in [0.1, 0.15) is 11.9 Å². The van der Waals surface area contributed by atoms with Gasteiger partial charge in [-0.2, -0.15) is 18.4 Å². The molecule has 1 aromatic carbocycles. The van der Waals surface area contributed by atoms with Crippen LogP contribution in [0.2, 0.25) is 0 Å². The molecule has 0 bridgehead atoms. The molecule has 0 saturated heterocycles. The molecule has 0 heterocycles. The van der Waals surface area contributed by atoms with Crippen LogP contribution in [0.25, 0.3) is 0 Å². The van der Waals surface area contributed by atoms with Crippen LogP contribution < -0.4 is 4.74 Å². The Morgan fingerprint density at radius 2 is 1.90 bits per heavy atom. The first-order chi connectivity index (χ1) is 9.91. The second-order valence-corrected chi connectivity index (χ2v) is 5.18. The van der Waals surface area contributed by atoms with E-state index in [-0.39, 0.29) is 11.3 Å². The molecule has 114 valence electrons. The third-order valence-corrected chi connectivity index (χ3v) is 3.61. The van der Waals surface area contributed by atoms with E-state index in [1.54, 1.807) is 6.07 Å². The molecule has 0 spiro atoms. The maximum atomic E-state index is 13.0. The van der Waals surface area contributed by atoms with Gasteiger partial charge in [0.2, 0.25) is 0 Å². The molecule has 0 radical (unpaired) electrons. The summed E-state index contributed by atoms with van der Waals surface area (Å²) in [6.07, 6.45) is -2.33. The van der Waals surface area contributed by atoms with E-state index in [1.807, 2.05) is 0 Å². The molecule has 0 aliphatic heterocycles. The number of alkyl halides is 3. The smallest absolute Gasteiger partial charge is 0.420 e. The molecule has 3 nitrogen and oxygen atoms in total. The fourth-order valence-electron chi connectivity index (χ4n) is 2.48. The fourth-order valence-corrected chi connectivity index (χ4v) is 2.48. The Labute approximate surface area is 121 Å². The van der Waals surface area contributed by atoms with E-state index in [2.05, 4.69) is 0 Å². The number of nitriles is 1. The average Bonchev–Trinajstić information content (AvgIpc) is 2.63. The third kappa shape index (κ3) is 3.88. The molecule has 21 heavy (non-hydrogen) atoms. The standard InChI is InChI=1S/C15H16F3NO2/c16-15(17,18)11-8-10(9-19)6-7-13(11)21-14-5-3-1-2-4-12(14)20/h6-8,12,14,20H,1-5H2. The fraction of sp³-hybridized carbons (Fsp3) is 0.533. The van der Waals surface area contributed by atoms with E-state index < -0.39 is 23.9 Å². The summed E-state index contributed by atoms with van der Waals surface area (Å²) in [5, 5.41) is 18.7. The van der Waals surface area contributed by atoms with Crippen molar-refractivity contribution in [3.63, 3.8) is 0 Å². The summed E-state index contributed by atoms with van der Waals surface area (Å²) in [6, 6.07) is 4.90. The molecule has 2 rings (SSSR count). The number of aliphatic hydroxyl groups is 1. The highest BCUT2D eigenvalue weighted by molar-refractivity contribution is 5.43. The minimum Gasteiger partial charge on any atom is -0.487 e. The molecule has 1 aliphatic carbocycles. The summed E-state index contributed by atoms with van der Waals surface area (Å²) >= 11 is 0. The number of halogens is 3. The van der Waals surface area contributed by atoms with Crippen molar-refractivity contribution in [1.29, 1.82) is 5.26 Å². The lowest BCUT2D eigenvalue weighted by molar-refractivity contribution is -0.139. The van der Waals surface area contributed by atoms with Gasteiger partial charge in [0.05, 0.1) is 23.3 Å². The van der Waals surface area contributed by atoms with Crippen molar-refractivity contribution in [2.75, 3.05) is 0 Å². The zero-order valence-electron chi connectivity index (χ0n) is 11.4. The van der Waals surface area contributed by atoms with Crippen molar-refractivity contribution in [3.05, 3.63) is 29.3 Å². The molecule has 1 saturated carbocycles. The summed E-state index contributed by atoms with van der Waals surface area (Å²) in [5.41, 5.74) is -1.05. The van der Waals surface area contributed by atoms with Crippen LogP contribution >= 0.6 is 0 Å². The Morgan fingerprint density at radius 1 is 1.19 bits per heavy atom. The predicted molar refractivity (Wildman–Crippen MR) is 69.7 cm³/mol. The van der Waals surface area contributed by atoms with Crippen LogP contribution in [-0.4, -0.2) is 17.3 Å². The first-order valence-corrected chi connectivity index (χ1v) is 6.88. The van der Waals surface area contributed by atoms with Crippen LogP contribution in [0.1, 0.15) is 43.2 Å². The molecule has 6 heteroatoms. The lowest BCUT2D eigenvalue weighted by Crippen LogP contribution is -2.31. The monoisotopic (exact) mass is 299 g/mol. The normalized spacial score (nSPS) is 23.2. The molecule has 1 aliphatic rings. The summed E-state index contributed by atoms with van der Waals surface area (Å²) in [7, 11) is 0. The summed E-state index contributed by atoms with van der Waals surface area (Å²) < 4.78 is 44.6. The SMILES string of the molecule is N#Cc1ccc(OC2CCCCCC2O)c(C(F)(F)F)c1. The van der Waals surface area contributed by atoms with E-state index in [1.165, 1.54) is 6.07 Å². The van der Waals surface area contributed by atoms with Gasteiger partial charge >= 0.3 is 6.18 Å². The van der Waals surface area contributed by atoms with E-state index >= 15 is 0 Å². The molecule has 0 aromatic heterocycles. The first-order valence-electron chi connectivity index (χ1n) is 6.88. The van der Waals surface area contributed by atoms with Gasteiger partial charge < -0.3 is 9.84 Å². The molecule has 2 unspecified atom stereocenters. The lowest BCUT2D eigenvalue weighted by atomic mass is 10.1. The first kappa shape index (κ1) is 15.6. The highest BCUT2D eigenvalue weighted by atomic mass is 19.4. The number of hydrogen-bond acceptors (Lipinski definition) is 3. The van der Waals surface area contributed by atoms with Crippen LogP contribution in [0.5, 0.6) is 5.75 Å². The third-order valence-electron chi connectivity index (χ3n) is 3.61. The summed E-state index contributed by atoms with van der Waals surface area (Å²) in [5.74, 6) is -0.326. The molecule has 1 N–H and O–H groups in total. The Balaban J connectivity index is 2.28. The average molecular weight is 299 g/mol. The molecular weight excluding hydrogens is 283 g/mol. The van der Waals surface area contributed by atoms with Gasteiger partial charge in [0, 0.05) is 0 Å². The lowest BCUT2D eigenvalue weighted by Gasteiger charge is -2.24. The van der Waals surface area contributed by atoms with Crippen LogP contribution in [0.3, 0.4) is 0 Å². The number of aliphatic hydroxyl groups excluding tert-OH is 1. The second kappa shape index (κ2) is 6.35. The second-order valence-electron chi connectivity index (χ2n) is 5.18. The highest BCUT2D eigenvalue weighted by Crippen LogP contribution is 2.38. The largest absolute Gasteiger partial charge is 0.487 e. The maximum absolute atomic E-state index is 13.0. The van der Waals surface area contributed by atoms with Crippen LogP contribution in [-0.2, 0) is 6.18 Å². The molecule has 0 amide bonds. The van der Waals surface area contributed by atoms with Crippen molar-refractivity contribution < 1.29 is 23.0 Å². The Morgan fingerprint density at radius 3 is 2.57 bits per heavy atom. The summed E-state index contributed by atoms with van der Waals surface area (Å²) in [4.78, 5) is 0. The number of hydrogen-bond donors (Lipinski definition) is 1. The zero-order valence-corrected chi connectivity index (χ0v) is 11.4. The minimum atomic E-state index is -4.60. The topological polar surface area (TPSA) is 53.2 Å². The van der Waals surface area contributed by atoms with Gasteiger partial charge in [-0.3, -0.25) is 0 Å². The van der Waals surface area contributed by atoms with Crippen molar-refractivity contribution in [2.24, 2.45) is 0 Å². The van der Waals surface area contributed by atoms with Crippen LogP contribution in [0.4, 0.5) is 13.2 Å². The zero-order chi connectivity index (χ0) is 15.5. The van der Waals surface area contributed by atoms with E-state index in [4.69, 9.17) is 10.00 Å². The van der Waals surface area contributed by atoms with Gasteiger partial charge in [-0.05, 0) is 37.5 Å². The van der Waals surface area contributed by atoms with Crippen molar-refractivity contribution in [1.82, 2.24) is 0 Å². The Kier molecular flexibility index (Phi) is 4.73. The van der Waals surface area contributed by atoms with Crippen molar-refractivity contribution in [2.45, 2.75) is 50.5 Å². The van der Waals surface area contributed by atoms with Gasteiger partial charge in [-0.15, -0.1) is 0 Å². The minimum absolute atomic E-state index is 0.0731. The van der Waals surface area contributed by atoms with E-state index in [0.29, 0.717) is 12.8 Å². The van der Waals surface area contributed by atoms with Gasteiger partial charge in [0.15, 0.2) is 0 Å².